The summed E-state index contributed by atoms with van der Waals surface area (Å²) in [6, 6.07) is 42.8. The minimum atomic E-state index is -0.464. The lowest BCUT2D eigenvalue weighted by molar-refractivity contribution is 0.248. The van der Waals surface area contributed by atoms with E-state index in [0.717, 1.165) is 54.7 Å². The molecule has 77 heavy (non-hydrogen) atoms. The number of aromatic hydroxyl groups is 2. The first-order valence-electron chi connectivity index (χ1n) is 26.9. The summed E-state index contributed by atoms with van der Waals surface area (Å²) >= 11 is 0. The zero-order chi connectivity index (χ0) is 55.3. The van der Waals surface area contributed by atoms with Gasteiger partial charge in [0.05, 0.1) is 46.7 Å². The van der Waals surface area contributed by atoms with Crippen LogP contribution in [0.2, 0.25) is 0 Å². The molecule has 10 rings (SSSR count). The van der Waals surface area contributed by atoms with Crippen molar-refractivity contribution in [3.63, 3.8) is 0 Å². The van der Waals surface area contributed by atoms with E-state index in [-0.39, 0.29) is 46.4 Å². The molecule has 0 spiro atoms. The fraction of sp³-hybridized carbons (Fsp3) is 0.304. The minimum Gasteiger partial charge on any atom is -0.505 e. The molecule has 0 unspecified atom stereocenters. The van der Waals surface area contributed by atoms with Crippen molar-refractivity contribution < 1.29 is 28.5 Å². The lowest BCUT2D eigenvalue weighted by atomic mass is 9.86. The van der Waals surface area contributed by atoms with Gasteiger partial charge in [-0.05, 0) is 154 Å². The number of aromatic nitrogens is 2. The Morgan fingerprint density at radius 1 is 0.377 bits per heavy atom. The van der Waals surface area contributed by atoms with Crippen molar-refractivity contribution in [2.45, 2.75) is 125 Å². The molecule has 0 bridgehead atoms. The third-order valence-electron chi connectivity index (χ3n) is 15.2. The number of phenols is 2. The number of halogens is 2. The summed E-state index contributed by atoms with van der Waals surface area (Å²) in [6.45, 7) is 30.7. The molecule has 2 heterocycles. The Kier molecular flexibility index (Phi) is 13.1. The number of rotatable bonds is 10. The van der Waals surface area contributed by atoms with E-state index in [9.17, 15) is 10.2 Å². The average molecular weight is 1030 g/mol. The Labute approximate surface area is 452 Å². The Morgan fingerprint density at radius 3 is 0.961 bits per heavy atom. The van der Waals surface area contributed by atoms with Gasteiger partial charge in [-0.15, -0.1) is 0 Å². The van der Waals surface area contributed by atoms with Crippen molar-refractivity contribution in [1.29, 1.82) is 0 Å². The van der Waals surface area contributed by atoms with Crippen LogP contribution >= 0.6 is 0 Å². The van der Waals surface area contributed by atoms with Crippen LogP contribution in [0.4, 0.5) is 8.78 Å². The smallest absolute Gasteiger partial charge is 0.147 e. The van der Waals surface area contributed by atoms with Gasteiger partial charge in [0.1, 0.15) is 34.6 Å². The van der Waals surface area contributed by atoms with Gasteiger partial charge in [0.15, 0.2) is 0 Å². The van der Waals surface area contributed by atoms with Crippen molar-refractivity contribution in [1.82, 2.24) is 9.13 Å². The van der Waals surface area contributed by atoms with Crippen molar-refractivity contribution >= 4 is 43.6 Å². The molecule has 8 heteroatoms. The number of fused-ring (bicyclic) bond motifs is 6. The van der Waals surface area contributed by atoms with E-state index < -0.39 is 11.6 Å². The predicted molar refractivity (Wildman–Crippen MR) is 316 cm³/mol. The summed E-state index contributed by atoms with van der Waals surface area (Å²) < 4.78 is 48.0. The molecule has 0 fully saturated rings. The third-order valence-corrected chi connectivity index (χ3v) is 15.2. The van der Waals surface area contributed by atoms with E-state index in [1.807, 2.05) is 38.1 Å². The lowest BCUT2D eigenvalue weighted by Crippen LogP contribution is -2.11. The molecule has 6 nitrogen and oxygen atoms in total. The van der Waals surface area contributed by atoms with E-state index in [1.54, 1.807) is 12.1 Å². The van der Waals surface area contributed by atoms with Gasteiger partial charge in [0, 0.05) is 50.2 Å². The molecule has 0 atom stereocenters. The largest absolute Gasteiger partial charge is 0.505 e. The molecular weight excluding hydrogens is 959 g/mol. The number of ether oxygens (including phenoxy) is 2. The van der Waals surface area contributed by atoms with Crippen LogP contribution in [0, 0.1) is 25.5 Å². The number of phenolic OH excluding ortho intramolecular Hbond substituents is 2. The second-order valence-electron chi connectivity index (χ2n) is 25.3. The zero-order valence-corrected chi connectivity index (χ0v) is 47.2. The maximum atomic E-state index is 15.4. The van der Waals surface area contributed by atoms with Crippen molar-refractivity contribution in [2.24, 2.45) is 0 Å². The van der Waals surface area contributed by atoms with Crippen molar-refractivity contribution in [2.75, 3.05) is 13.2 Å². The fourth-order valence-electron chi connectivity index (χ4n) is 10.8. The van der Waals surface area contributed by atoms with Gasteiger partial charge in [-0.1, -0.05) is 132 Å². The van der Waals surface area contributed by atoms with Crippen molar-refractivity contribution in [3.8, 4) is 56.6 Å². The maximum absolute atomic E-state index is 15.4. The third kappa shape index (κ3) is 9.92. The summed E-state index contributed by atoms with van der Waals surface area (Å²) in [5, 5.41) is 29.3. The Morgan fingerprint density at radius 2 is 0.675 bits per heavy atom. The van der Waals surface area contributed by atoms with E-state index in [2.05, 4.69) is 165 Å². The molecular formula is C69H72F2N2O4. The maximum Gasteiger partial charge on any atom is 0.147 e. The summed E-state index contributed by atoms with van der Waals surface area (Å²) in [7, 11) is 0. The normalized spacial score (nSPS) is 12.7. The number of hydrogen-bond acceptors (Lipinski definition) is 4. The lowest BCUT2D eigenvalue weighted by Gasteiger charge is -2.21. The second-order valence-corrected chi connectivity index (χ2v) is 25.3. The van der Waals surface area contributed by atoms with Crippen LogP contribution in [-0.4, -0.2) is 32.6 Å². The van der Waals surface area contributed by atoms with E-state index in [1.165, 1.54) is 46.5 Å². The highest BCUT2D eigenvalue weighted by Crippen LogP contribution is 2.47. The standard InChI is InChI=1S/C69H72F2N2O4/c1-40-30-54(64(74)60(32-40)72-56-34-42(66(3,4)5)16-22-48(56)49-23-17-43(35-57(49)72)67(6,7)8)52-38-46(70)20-26-62(52)76-28-15-29-77-63-27-21-47(71)39-53(63)55-31-41(2)33-61(65(55)75)73-58-36-44(68(9,10)11)18-24-50(58)51-25-19-45(37-59(51)73)69(12,13)14/h16-27,30-39,74-75H,15,28-29H2,1-14H3. The highest BCUT2D eigenvalue weighted by Gasteiger charge is 2.27. The molecule has 0 aliphatic rings. The number of aryl methyl sites for hydroxylation is 2. The average Bonchev–Trinajstić information content (AvgIpc) is 3.90. The van der Waals surface area contributed by atoms with Crippen LogP contribution in [0.3, 0.4) is 0 Å². The summed E-state index contributed by atoms with van der Waals surface area (Å²) in [4.78, 5) is 0. The van der Waals surface area contributed by atoms with Crippen molar-refractivity contribution in [3.05, 3.63) is 178 Å². The molecule has 0 radical (unpaired) electrons. The molecule has 2 N–H and O–H groups in total. The summed E-state index contributed by atoms with van der Waals surface area (Å²) in [5.74, 6) is -0.116. The van der Waals surface area contributed by atoms with Gasteiger partial charge >= 0.3 is 0 Å². The van der Waals surface area contributed by atoms with Crippen LogP contribution in [0.25, 0.3) is 77.2 Å². The molecule has 0 aliphatic heterocycles. The van der Waals surface area contributed by atoms with Crippen LogP contribution in [0.5, 0.6) is 23.0 Å². The number of benzene rings is 8. The highest BCUT2D eigenvalue weighted by molar-refractivity contribution is 6.11. The van der Waals surface area contributed by atoms with Crippen LogP contribution in [-0.2, 0) is 21.7 Å². The molecule has 396 valence electrons. The van der Waals surface area contributed by atoms with Gasteiger partial charge in [0.25, 0.3) is 0 Å². The van der Waals surface area contributed by atoms with E-state index >= 15 is 8.78 Å². The number of hydrogen-bond donors (Lipinski definition) is 2. The van der Waals surface area contributed by atoms with E-state index in [4.69, 9.17) is 9.47 Å². The Bertz CT molecular complexity index is 3560. The van der Waals surface area contributed by atoms with Gasteiger partial charge in [0.2, 0.25) is 0 Å². The first kappa shape index (κ1) is 52.8. The zero-order valence-electron chi connectivity index (χ0n) is 47.2. The molecule has 0 saturated heterocycles. The highest BCUT2D eigenvalue weighted by atomic mass is 19.1. The van der Waals surface area contributed by atoms with Gasteiger partial charge in [-0.2, -0.15) is 0 Å². The van der Waals surface area contributed by atoms with Crippen LogP contribution < -0.4 is 9.47 Å². The monoisotopic (exact) mass is 1030 g/mol. The molecule has 2 aromatic heterocycles. The van der Waals surface area contributed by atoms with Gasteiger partial charge in [-0.25, -0.2) is 8.78 Å². The first-order chi connectivity index (χ1) is 36.2. The predicted octanol–water partition coefficient (Wildman–Crippen LogP) is 18.6. The molecule has 10 aromatic rings. The topological polar surface area (TPSA) is 68.8 Å². The van der Waals surface area contributed by atoms with Gasteiger partial charge < -0.3 is 28.8 Å². The Balaban J connectivity index is 0.967. The van der Waals surface area contributed by atoms with Crippen LogP contribution in [0.1, 0.15) is 123 Å². The quantitative estimate of drug-likeness (QED) is 0.134. The SMILES string of the molecule is Cc1cc(-c2cc(F)ccc2OCCCOc2ccc(F)cc2-c2cc(C)cc(-n3c4cc(C(C)(C)C)ccc4c4ccc(C(C)(C)C)cc43)c2O)c(O)c(-n2c3cc(C(C)(C)C)ccc3c3ccc(C(C)(C)C)cc32)c1. The minimum absolute atomic E-state index is 0.00405. The molecule has 8 aromatic carbocycles. The molecule has 0 saturated carbocycles. The Hall–Kier alpha value is -7.58. The second kappa shape index (κ2) is 19.2. The fourth-order valence-corrected chi connectivity index (χ4v) is 10.8. The van der Waals surface area contributed by atoms with Gasteiger partial charge in [-0.3, -0.25) is 0 Å². The molecule has 0 amide bonds. The van der Waals surface area contributed by atoms with E-state index in [0.29, 0.717) is 51.5 Å². The van der Waals surface area contributed by atoms with Crippen LogP contribution in [0.15, 0.2) is 133 Å². The summed E-state index contributed by atoms with van der Waals surface area (Å²) in [5.41, 5.74) is 12.7. The molecule has 0 aliphatic carbocycles. The number of nitrogens with zero attached hydrogens (tertiary/aromatic N) is 2. The summed E-state index contributed by atoms with van der Waals surface area (Å²) in [6.07, 6.45) is 0.408. The first-order valence-corrected chi connectivity index (χ1v) is 26.9.